The first-order valence-electron chi connectivity index (χ1n) is 6.46. The molecule has 0 aliphatic heterocycles. The molecule has 0 bridgehead atoms. The maximum atomic E-state index is 6.01. The Labute approximate surface area is 133 Å². The largest absolute Gasteiger partial charge is 0.355 e. The van der Waals surface area contributed by atoms with Crippen molar-refractivity contribution in [3.8, 4) is 0 Å². The van der Waals surface area contributed by atoms with Gasteiger partial charge in [-0.1, -0.05) is 37.6 Å². The number of hydrogen-bond donors (Lipinski definition) is 0. The molecule has 0 saturated heterocycles. The third kappa shape index (κ3) is 3.93. The van der Waals surface area contributed by atoms with Gasteiger partial charge in [0.25, 0.3) is 0 Å². The van der Waals surface area contributed by atoms with Gasteiger partial charge in [-0.25, -0.2) is 9.97 Å². The van der Waals surface area contributed by atoms with Crippen LogP contribution in [0.25, 0.3) is 0 Å². The summed E-state index contributed by atoms with van der Waals surface area (Å²) in [5.41, 5.74) is 1.15. The summed E-state index contributed by atoms with van der Waals surface area (Å²) in [6.45, 7) is 4.92. The number of aromatic nitrogens is 2. The van der Waals surface area contributed by atoms with Gasteiger partial charge < -0.3 is 4.90 Å². The normalized spacial score (nSPS) is 10.9. The summed E-state index contributed by atoms with van der Waals surface area (Å²) in [6, 6.07) is 9.79. The average Bonchev–Trinajstić information content (AvgIpc) is 2.37. The van der Waals surface area contributed by atoms with Crippen LogP contribution in [0.1, 0.15) is 31.2 Å². The van der Waals surface area contributed by atoms with Crippen molar-refractivity contribution in [2.24, 2.45) is 0 Å². The minimum absolute atomic E-state index is 0.297. The van der Waals surface area contributed by atoms with Crippen molar-refractivity contribution < 1.29 is 0 Å². The highest BCUT2D eigenvalue weighted by Gasteiger charge is 2.10. The molecule has 2 aromatic rings. The van der Waals surface area contributed by atoms with Gasteiger partial charge >= 0.3 is 0 Å². The van der Waals surface area contributed by atoms with E-state index >= 15 is 0 Å². The van der Waals surface area contributed by atoms with E-state index in [1.54, 1.807) is 0 Å². The summed E-state index contributed by atoms with van der Waals surface area (Å²) in [4.78, 5) is 11.1. The number of rotatable bonds is 4. The molecule has 1 heterocycles. The molecular formula is C15H17BrClN3. The van der Waals surface area contributed by atoms with E-state index < -0.39 is 0 Å². The summed E-state index contributed by atoms with van der Waals surface area (Å²) in [5, 5.41) is 0.752. The minimum Gasteiger partial charge on any atom is -0.355 e. The lowest BCUT2D eigenvalue weighted by Crippen LogP contribution is -2.19. The Hall–Kier alpha value is -1.13. The third-order valence-corrected chi connectivity index (χ3v) is 3.56. The second-order valence-electron chi connectivity index (χ2n) is 5.05. The Morgan fingerprint density at radius 3 is 2.65 bits per heavy atom. The highest BCUT2D eigenvalue weighted by Crippen LogP contribution is 2.21. The maximum absolute atomic E-state index is 6.01. The van der Waals surface area contributed by atoms with E-state index in [2.05, 4.69) is 50.7 Å². The fraction of sp³-hybridized carbons (Fsp3) is 0.333. The smallest absolute Gasteiger partial charge is 0.134 e. The summed E-state index contributed by atoms with van der Waals surface area (Å²) in [5.74, 6) is 2.04. The number of halogens is 2. The molecule has 0 N–H and O–H groups in total. The molecule has 3 nitrogen and oxygen atoms in total. The fourth-order valence-corrected chi connectivity index (χ4v) is 2.47. The quantitative estimate of drug-likeness (QED) is 0.748. The van der Waals surface area contributed by atoms with Crippen molar-refractivity contribution in [1.29, 1.82) is 0 Å². The summed E-state index contributed by atoms with van der Waals surface area (Å²) < 4.78 is 0.809. The maximum Gasteiger partial charge on any atom is 0.134 e. The minimum atomic E-state index is 0.297. The van der Waals surface area contributed by atoms with E-state index in [4.69, 9.17) is 11.6 Å². The zero-order chi connectivity index (χ0) is 14.7. The zero-order valence-electron chi connectivity index (χ0n) is 11.8. The Kier molecular flexibility index (Phi) is 5.00. The number of nitrogens with zero attached hydrogens (tertiary/aromatic N) is 3. The first-order chi connectivity index (χ1) is 9.45. The standard InChI is InChI=1S/C15H17BrClN3/c1-10(2)15-18-13(16)8-14(19-15)20(3)9-11-5-4-6-12(17)7-11/h4-8,10H,9H2,1-3H3. The first-order valence-corrected chi connectivity index (χ1v) is 7.63. The van der Waals surface area contributed by atoms with Crippen LogP contribution in [-0.2, 0) is 6.54 Å². The molecule has 0 fully saturated rings. The Morgan fingerprint density at radius 1 is 1.25 bits per heavy atom. The van der Waals surface area contributed by atoms with E-state index in [0.717, 1.165) is 33.4 Å². The molecule has 0 amide bonds. The van der Waals surface area contributed by atoms with Crippen molar-refractivity contribution in [1.82, 2.24) is 9.97 Å². The van der Waals surface area contributed by atoms with Crippen LogP contribution in [0.2, 0.25) is 5.02 Å². The van der Waals surface area contributed by atoms with Crippen LogP contribution in [0.5, 0.6) is 0 Å². The molecule has 0 spiro atoms. The SMILES string of the molecule is CC(C)c1nc(Br)cc(N(C)Cc2cccc(Cl)c2)n1. The lowest BCUT2D eigenvalue weighted by Gasteiger charge is -2.19. The lowest BCUT2D eigenvalue weighted by molar-refractivity contribution is 0.757. The second kappa shape index (κ2) is 6.55. The Bertz CT molecular complexity index is 601. The molecule has 2 rings (SSSR count). The number of anilines is 1. The molecule has 0 saturated carbocycles. The van der Waals surface area contributed by atoms with Gasteiger partial charge in [0.2, 0.25) is 0 Å². The van der Waals surface area contributed by atoms with Crippen molar-refractivity contribution >= 4 is 33.3 Å². The van der Waals surface area contributed by atoms with Crippen molar-refractivity contribution in [3.63, 3.8) is 0 Å². The van der Waals surface area contributed by atoms with Crippen LogP contribution in [0, 0.1) is 0 Å². The molecular weight excluding hydrogens is 338 g/mol. The molecule has 1 aromatic heterocycles. The van der Waals surface area contributed by atoms with E-state index in [9.17, 15) is 0 Å². The van der Waals surface area contributed by atoms with Crippen LogP contribution >= 0.6 is 27.5 Å². The molecule has 106 valence electrons. The van der Waals surface area contributed by atoms with Crippen molar-refractivity contribution in [2.45, 2.75) is 26.3 Å². The van der Waals surface area contributed by atoms with Gasteiger partial charge in [-0.05, 0) is 33.6 Å². The fourth-order valence-electron chi connectivity index (χ4n) is 1.87. The van der Waals surface area contributed by atoms with Gasteiger partial charge in [-0.15, -0.1) is 0 Å². The van der Waals surface area contributed by atoms with Gasteiger partial charge in [-0.2, -0.15) is 0 Å². The predicted octanol–water partition coefficient (Wildman–Crippen LogP) is 4.65. The molecule has 5 heteroatoms. The van der Waals surface area contributed by atoms with E-state index in [1.165, 1.54) is 0 Å². The highest BCUT2D eigenvalue weighted by atomic mass is 79.9. The van der Waals surface area contributed by atoms with Crippen LogP contribution in [0.4, 0.5) is 5.82 Å². The summed E-state index contributed by atoms with van der Waals surface area (Å²) >= 11 is 9.46. The van der Waals surface area contributed by atoms with Crippen LogP contribution in [0.15, 0.2) is 34.9 Å². The Balaban J connectivity index is 2.22. The van der Waals surface area contributed by atoms with Gasteiger partial charge in [0.1, 0.15) is 16.2 Å². The predicted molar refractivity (Wildman–Crippen MR) is 87.4 cm³/mol. The lowest BCUT2D eigenvalue weighted by atomic mass is 10.2. The van der Waals surface area contributed by atoms with Gasteiger partial charge in [0, 0.05) is 30.6 Å². The zero-order valence-corrected chi connectivity index (χ0v) is 14.1. The van der Waals surface area contributed by atoms with Crippen molar-refractivity contribution in [2.75, 3.05) is 11.9 Å². The first kappa shape index (κ1) is 15.3. The molecule has 20 heavy (non-hydrogen) atoms. The molecule has 0 radical (unpaired) electrons. The van der Waals surface area contributed by atoms with Crippen molar-refractivity contribution in [3.05, 3.63) is 51.3 Å². The molecule has 0 aliphatic rings. The van der Waals surface area contributed by atoms with Crippen LogP contribution in [-0.4, -0.2) is 17.0 Å². The highest BCUT2D eigenvalue weighted by molar-refractivity contribution is 9.10. The monoisotopic (exact) mass is 353 g/mol. The molecule has 0 unspecified atom stereocenters. The van der Waals surface area contributed by atoms with E-state index in [0.29, 0.717) is 5.92 Å². The third-order valence-electron chi connectivity index (χ3n) is 2.91. The van der Waals surface area contributed by atoms with E-state index in [-0.39, 0.29) is 0 Å². The van der Waals surface area contributed by atoms with Gasteiger partial charge in [0.15, 0.2) is 0 Å². The Morgan fingerprint density at radius 2 is 2.00 bits per heavy atom. The summed E-state index contributed by atoms with van der Waals surface area (Å²) in [7, 11) is 2.01. The molecule has 1 aromatic carbocycles. The van der Waals surface area contributed by atoms with Crippen LogP contribution < -0.4 is 4.90 Å². The second-order valence-corrected chi connectivity index (χ2v) is 6.30. The molecule has 0 atom stereocenters. The summed E-state index contributed by atoms with van der Waals surface area (Å²) in [6.07, 6.45) is 0. The number of benzene rings is 1. The van der Waals surface area contributed by atoms with Crippen LogP contribution in [0.3, 0.4) is 0 Å². The van der Waals surface area contributed by atoms with E-state index in [1.807, 2.05) is 31.3 Å². The van der Waals surface area contributed by atoms with Gasteiger partial charge in [-0.3, -0.25) is 0 Å². The number of hydrogen-bond acceptors (Lipinski definition) is 3. The topological polar surface area (TPSA) is 29.0 Å². The molecule has 0 aliphatic carbocycles. The van der Waals surface area contributed by atoms with Gasteiger partial charge in [0.05, 0.1) is 0 Å². The average molecular weight is 355 g/mol.